The molecule has 1 saturated carbocycles. The van der Waals surface area contributed by atoms with Gasteiger partial charge >= 0.3 is 0 Å². The second-order valence-electron chi connectivity index (χ2n) is 10.4. The predicted molar refractivity (Wildman–Crippen MR) is 144 cm³/mol. The molecule has 37 heavy (non-hydrogen) atoms. The van der Waals surface area contributed by atoms with Crippen molar-refractivity contribution in [1.29, 1.82) is 0 Å². The molecule has 1 aliphatic carbocycles. The van der Waals surface area contributed by atoms with Crippen molar-refractivity contribution in [2.24, 2.45) is 11.8 Å². The molecular weight excluding hydrogens is 462 g/mol. The third-order valence-electron chi connectivity index (χ3n) is 7.84. The van der Waals surface area contributed by atoms with E-state index in [0.717, 1.165) is 89.1 Å². The van der Waals surface area contributed by atoms with Gasteiger partial charge in [0.05, 0.1) is 29.9 Å². The van der Waals surface area contributed by atoms with Crippen molar-refractivity contribution in [3.05, 3.63) is 66.9 Å². The lowest BCUT2D eigenvalue weighted by molar-refractivity contribution is -0.131. The quantitative estimate of drug-likeness (QED) is 0.340. The third-order valence-corrected chi connectivity index (χ3v) is 7.84. The largest absolute Gasteiger partial charge is 0.497 e. The molecule has 7 nitrogen and oxygen atoms in total. The summed E-state index contributed by atoms with van der Waals surface area (Å²) in [5.74, 6) is 2.81. The molecule has 0 unspecified atom stereocenters. The highest BCUT2D eigenvalue weighted by molar-refractivity contribution is 5.85. The van der Waals surface area contributed by atoms with Crippen LogP contribution in [-0.2, 0) is 11.3 Å². The highest BCUT2D eigenvalue weighted by Gasteiger charge is 2.36. The SMILES string of the molecule is COc1ccc2nc(-c3ccc(-c4ccc5[nH]ncc5c4)cc3)n(C[C@@H]3CCN(C(=O)C4CC4)C3)c2c1. The number of methoxy groups -OCH3 is 1. The second kappa shape index (κ2) is 8.76. The Hall–Kier alpha value is -4.13. The molecule has 2 aromatic heterocycles. The number of aromatic amines is 1. The van der Waals surface area contributed by atoms with Gasteiger partial charge in [-0.2, -0.15) is 5.10 Å². The number of hydrogen-bond acceptors (Lipinski definition) is 4. The van der Waals surface area contributed by atoms with Gasteiger partial charge in [-0.3, -0.25) is 9.89 Å². The van der Waals surface area contributed by atoms with Crippen LogP contribution in [0.25, 0.3) is 44.5 Å². The van der Waals surface area contributed by atoms with E-state index in [1.54, 1.807) is 7.11 Å². The highest BCUT2D eigenvalue weighted by Crippen LogP contribution is 2.35. The zero-order valence-electron chi connectivity index (χ0n) is 20.9. The Bertz CT molecular complexity index is 1610. The van der Waals surface area contributed by atoms with E-state index in [1.165, 1.54) is 0 Å². The summed E-state index contributed by atoms with van der Waals surface area (Å²) in [5.41, 5.74) is 6.44. The molecule has 1 amide bonds. The van der Waals surface area contributed by atoms with Crippen molar-refractivity contribution in [3.63, 3.8) is 0 Å². The standard InChI is InChI=1S/C30H29N5O2/c1-37-25-9-11-27-28(15-25)35(18-19-12-13-34(17-19)30(36)22-6-7-22)29(32-27)21-4-2-20(3-5-21)23-8-10-26-24(14-23)16-31-33-26/h2-5,8-11,14-16,19,22H,6-7,12-13,17-18H2,1H3,(H,31,33)/t19-/m1/s1. The Balaban J connectivity index is 1.22. The number of hydrogen-bond donors (Lipinski definition) is 1. The van der Waals surface area contributed by atoms with Crippen LogP contribution in [-0.4, -0.2) is 50.8 Å². The number of nitrogens with zero attached hydrogens (tertiary/aromatic N) is 4. The number of likely N-dealkylation sites (tertiary alicyclic amines) is 1. The third kappa shape index (κ3) is 4.04. The number of carbonyl (C=O) groups excluding carboxylic acids is 1. The van der Waals surface area contributed by atoms with Crippen LogP contribution in [0.2, 0.25) is 0 Å². The molecule has 1 atom stereocenters. The molecule has 1 aliphatic heterocycles. The predicted octanol–water partition coefficient (Wildman–Crippen LogP) is 5.51. The van der Waals surface area contributed by atoms with Crippen molar-refractivity contribution in [1.82, 2.24) is 24.6 Å². The van der Waals surface area contributed by atoms with Gasteiger partial charge in [0, 0.05) is 42.6 Å². The maximum atomic E-state index is 12.6. The minimum absolute atomic E-state index is 0.278. The summed E-state index contributed by atoms with van der Waals surface area (Å²) < 4.78 is 7.85. The highest BCUT2D eigenvalue weighted by atomic mass is 16.5. The minimum Gasteiger partial charge on any atom is -0.497 e. The van der Waals surface area contributed by atoms with Gasteiger partial charge in [-0.15, -0.1) is 0 Å². The summed E-state index contributed by atoms with van der Waals surface area (Å²) in [5, 5.41) is 8.24. The smallest absolute Gasteiger partial charge is 0.225 e. The molecule has 7 rings (SSSR count). The van der Waals surface area contributed by atoms with Crippen LogP contribution in [0.15, 0.2) is 66.9 Å². The Kier molecular flexibility index (Phi) is 5.23. The molecule has 3 heterocycles. The average molecular weight is 492 g/mol. The van der Waals surface area contributed by atoms with E-state index < -0.39 is 0 Å². The Morgan fingerprint density at radius 1 is 1.00 bits per heavy atom. The molecule has 186 valence electrons. The number of rotatable bonds is 6. The van der Waals surface area contributed by atoms with E-state index in [-0.39, 0.29) is 5.92 Å². The summed E-state index contributed by atoms with van der Waals surface area (Å²) in [6.45, 7) is 2.52. The van der Waals surface area contributed by atoms with E-state index in [1.807, 2.05) is 18.3 Å². The van der Waals surface area contributed by atoms with Gasteiger partial charge in [0.15, 0.2) is 0 Å². The Morgan fingerprint density at radius 3 is 2.62 bits per heavy atom. The number of carbonyl (C=O) groups is 1. The fourth-order valence-electron chi connectivity index (χ4n) is 5.60. The first-order valence-corrected chi connectivity index (χ1v) is 13.0. The lowest BCUT2D eigenvalue weighted by atomic mass is 10.0. The van der Waals surface area contributed by atoms with Crippen molar-refractivity contribution in [3.8, 4) is 28.3 Å². The molecule has 2 aliphatic rings. The summed E-state index contributed by atoms with van der Waals surface area (Å²) >= 11 is 0. The maximum Gasteiger partial charge on any atom is 0.225 e. The molecule has 3 aromatic carbocycles. The van der Waals surface area contributed by atoms with Gasteiger partial charge in [0.2, 0.25) is 5.91 Å². The van der Waals surface area contributed by atoms with Crippen molar-refractivity contribution in [2.45, 2.75) is 25.8 Å². The first-order chi connectivity index (χ1) is 18.2. The van der Waals surface area contributed by atoms with E-state index in [4.69, 9.17) is 9.72 Å². The zero-order chi connectivity index (χ0) is 24.9. The molecule has 5 aromatic rings. The molecule has 0 spiro atoms. The van der Waals surface area contributed by atoms with Crippen molar-refractivity contribution in [2.75, 3.05) is 20.2 Å². The van der Waals surface area contributed by atoms with Crippen LogP contribution in [0, 0.1) is 11.8 Å². The Morgan fingerprint density at radius 2 is 1.81 bits per heavy atom. The van der Waals surface area contributed by atoms with E-state index >= 15 is 0 Å². The summed E-state index contributed by atoms with van der Waals surface area (Å²) in [7, 11) is 1.70. The van der Waals surface area contributed by atoms with E-state index in [2.05, 4.69) is 68.2 Å². The van der Waals surface area contributed by atoms with E-state index in [9.17, 15) is 4.79 Å². The van der Waals surface area contributed by atoms with Crippen molar-refractivity contribution < 1.29 is 9.53 Å². The average Bonchev–Trinajstić information content (AvgIpc) is 3.33. The Labute approximate surface area is 215 Å². The molecule has 1 saturated heterocycles. The number of ether oxygens (including phenoxy) is 1. The van der Waals surface area contributed by atoms with Gasteiger partial charge < -0.3 is 14.2 Å². The zero-order valence-corrected chi connectivity index (χ0v) is 20.9. The lowest BCUT2D eigenvalue weighted by Crippen LogP contribution is -2.30. The number of nitrogens with one attached hydrogen (secondary N) is 1. The monoisotopic (exact) mass is 491 g/mol. The van der Waals surface area contributed by atoms with E-state index in [0.29, 0.717) is 11.8 Å². The van der Waals surface area contributed by atoms with Crippen LogP contribution < -0.4 is 4.74 Å². The number of aromatic nitrogens is 4. The van der Waals surface area contributed by atoms with Crippen LogP contribution in [0.1, 0.15) is 19.3 Å². The van der Waals surface area contributed by atoms with Crippen LogP contribution in [0.4, 0.5) is 0 Å². The van der Waals surface area contributed by atoms with Gasteiger partial charge in [0.1, 0.15) is 11.6 Å². The fraction of sp³-hybridized carbons (Fsp3) is 0.300. The number of fused-ring (bicyclic) bond motifs is 2. The fourth-order valence-corrected chi connectivity index (χ4v) is 5.60. The van der Waals surface area contributed by atoms with Gasteiger partial charge in [-0.25, -0.2) is 4.98 Å². The molecule has 7 heteroatoms. The van der Waals surface area contributed by atoms with Crippen LogP contribution in [0.5, 0.6) is 5.75 Å². The lowest BCUT2D eigenvalue weighted by Gasteiger charge is -2.18. The normalized spacial score (nSPS) is 17.6. The van der Waals surface area contributed by atoms with Gasteiger partial charge in [-0.05, 0) is 60.6 Å². The minimum atomic E-state index is 0.278. The van der Waals surface area contributed by atoms with Crippen molar-refractivity contribution >= 4 is 27.8 Å². The number of H-pyrrole nitrogens is 1. The summed E-state index contributed by atoms with van der Waals surface area (Å²) in [4.78, 5) is 19.8. The number of imidazole rings is 1. The van der Waals surface area contributed by atoms with Gasteiger partial charge in [-0.1, -0.05) is 30.3 Å². The first kappa shape index (κ1) is 22.1. The number of amides is 1. The first-order valence-electron chi connectivity index (χ1n) is 13.0. The molecule has 2 fully saturated rings. The number of benzene rings is 3. The molecule has 0 radical (unpaired) electrons. The molecule has 1 N–H and O–H groups in total. The van der Waals surface area contributed by atoms with Crippen LogP contribution >= 0.6 is 0 Å². The van der Waals surface area contributed by atoms with Gasteiger partial charge in [0.25, 0.3) is 0 Å². The maximum absolute atomic E-state index is 12.6. The second-order valence-corrected chi connectivity index (χ2v) is 10.4. The summed E-state index contributed by atoms with van der Waals surface area (Å²) in [6, 6.07) is 21.0. The molecule has 0 bridgehead atoms. The topological polar surface area (TPSA) is 76.0 Å². The molecular formula is C30H29N5O2. The summed E-state index contributed by atoms with van der Waals surface area (Å²) in [6.07, 6.45) is 4.99. The van der Waals surface area contributed by atoms with Crippen LogP contribution in [0.3, 0.4) is 0 Å².